The molecular weight excluding hydrogens is 759 g/mol. The SMILES string of the molecule is Cn1c(=O)n(C2CCC(=O)NC2=O)c2ccc(C3CC4(C3)CC(N3CCC(c5cnc(N6C7CCC6CN(c6cc(-c8ccccc8O)nnc6N)C7)nc5)CC3)C4)cc21. The van der Waals surface area contributed by atoms with Crippen LogP contribution < -0.4 is 26.5 Å². The molecule has 3 unspecified atom stereocenters. The molecule has 2 saturated carbocycles. The van der Waals surface area contributed by atoms with Crippen molar-refractivity contribution in [3.8, 4) is 17.0 Å². The largest absolute Gasteiger partial charge is 0.507 e. The molecule has 2 aliphatic carbocycles. The monoisotopic (exact) mass is 809 g/mol. The van der Waals surface area contributed by atoms with Gasteiger partial charge in [0, 0.05) is 62.6 Å². The number of imide groups is 1. The zero-order chi connectivity index (χ0) is 40.9. The van der Waals surface area contributed by atoms with E-state index in [-0.39, 0.29) is 35.9 Å². The number of aromatic hydroxyl groups is 1. The molecule has 2 amide bonds. The molecule has 0 radical (unpaired) electrons. The molecule has 2 aromatic carbocycles. The molecule has 15 heteroatoms. The Labute approximate surface area is 347 Å². The molecule has 15 nitrogen and oxygen atoms in total. The molecule has 3 atom stereocenters. The van der Waals surface area contributed by atoms with Crippen molar-refractivity contribution in [2.75, 3.05) is 41.7 Å². The maximum Gasteiger partial charge on any atom is 0.329 e. The molecule has 7 heterocycles. The third-order valence-corrected chi connectivity index (χ3v) is 15.0. The van der Waals surface area contributed by atoms with E-state index in [1.165, 1.54) is 36.8 Å². The molecule has 5 aromatic rings. The fourth-order valence-electron chi connectivity index (χ4n) is 11.8. The molecular formula is C45H51N11O4. The average Bonchev–Trinajstić information content (AvgIpc) is 3.63. The van der Waals surface area contributed by atoms with Crippen LogP contribution in [0.15, 0.2) is 65.7 Å². The number of imidazole rings is 1. The van der Waals surface area contributed by atoms with Gasteiger partial charge in [-0.2, -0.15) is 0 Å². The van der Waals surface area contributed by atoms with Crippen molar-refractivity contribution in [2.24, 2.45) is 12.5 Å². The Kier molecular flexibility index (Phi) is 8.76. The Morgan fingerprint density at radius 2 is 1.53 bits per heavy atom. The third-order valence-electron chi connectivity index (χ3n) is 15.0. The Bertz CT molecular complexity index is 2550. The Hall–Kier alpha value is -5.83. The topological polar surface area (TPSA) is 181 Å². The van der Waals surface area contributed by atoms with Crippen LogP contribution in [0.25, 0.3) is 22.3 Å². The fraction of sp³-hybridized carbons (Fsp3) is 0.489. The fourth-order valence-corrected chi connectivity index (χ4v) is 11.8. The van der Waals surface area contributed by atoms with Crippen molar-refractivity contribution < 1.29 is 14.7 Å². The lowest BCUT2D eigenvalue weighted by Gasteiger charge is -2.61. The van der Waals surface area contributed by atoms with Gasteiger partial charge in [0.15, 0.2) is 5.82 Å². The summed E-state index contributed by atoms with van der Waals surface area (Å²) in [5, 5.41) is 21.3. The van der Waals surface area contributed by atoms with Crippen LogP contribution in [0.1, 0.15) is 93.2 Å². The highest BCUT2D eigenvalue weighted by Gasteiger charge is 2.54. The van der Waals surface area contributed by atoms with E-state index in [1.807, 2.05) is 24.3 Å². The molecule has 310 valence electrons. The van der Waals surface area contributed by atoms with Crippen molar-refractivity contribution >= 4 is 40.3 Å². The quantitative estimate of drug-likeness (QED) is 0.195. The van der Waals surface area contributed by atoms with Crippen LogP contribution in [0.2, 0.25) is 0 Å². The number of aryl methyl sites for hydroxylation is 1. The summed E-state index contributed by atoms with van der Waals surface area (Å²) in [7, 11) is 1.77. The number of likely N-dealkylation sites (tertiary alicyclic amines) is 1. The molecule has 4 N–H and O–H groups in total. The molecule has 4 aliphatic heterocycles. The van der Waals surface area contributed by atoms with Gasteiger partial charge in [0.25, 0.3) is 0 Å². The van der Waals surface area contributed by atoms with E-state index in [9.17, 15) is 19.5 Å². The Morgan fingerprint density at radius 1 is 0.800 bits per heavy atom. The number of aromatic nitrogens is 6. The van der Waals surface area contributed by atoms with Gasteiger partial charge in [0.1, 0.15) is 11.8 Å². The summed E-state index contributed by atoms with van der Waals surface area (Å²) >= 11 is 0. The minimum Gasteiger partial charge on any atom is -0.507 e. The number of para-hydroxylation sites is 1. The minimum atomic E-state index is -0.664. The summed E-state index contributed by atoms with van der Waals surface area (Å²) < 4.78 is 3.20. The number of carbonyl (C=O) groups excluding carboxylic acids is 2. The van der Waals surface area contributed by atoms with Gasteiger partial charge in [-0.05, 0) is 130 Å². The van der Waals surface area contributed by atoms with Gasteiger partial charge in [-0.25, -0.2) is 14.8 Å². The second-order valence-corrected chi connectivity index (χ2v) is 18.4. The van der Waals surface area contributed by atoms with Crippen LogP contribution >= 0.6 is 0 Å². The molecule has 6 aliphatic rings. The molecule has 2 bridgehead atoms. The van der Waals surface area contributed by atoms with Crippen LogP contribution in [0.3, 0.4) is 0 Å². The molecule has 3 aromatic heterocycles. The van der Waals surface area contributed by atoms with Gasteiger partial charge in [-0.1, -0.05) is 18.2 Å². The number of benzene rings is 2. The first-order chi connectivity index (χ1) is 29.1. The number of rotatable bonds is 7. The Balaban J connectivity index is 0.676. The van der Waals surface area contributed by atoms with Crippen molar-refractivity contribution in [1.29, 1.82) is 0 Å². The van der Waals surface area contributed by atoms with Gasteiger partial charge < -0.3 is 25.5 Å². The predicted octanol–water partition coefficient (Wildman–Crippen LogP) is 4.62. The summed E-state index contributed by atoms with van der Waals surface area (Å²) in [5.41, 5.74) is 12.8. The molecule has 11 rings (SSSR count). The van der Waals surface area contributed by atoms with E-state index in [1.54, 1.807) is 28.3 Å². The summed E-state index contributed by atoms with van der Waals surface area (Å²) in [6.45, 7) is 3.80. The van der Waals surface area contributed by atoms with Crippen LogP contribution in [-0.4, -0.2) is 95.4 Å². The lowest BCUT2D eigenvalue weighted by molar-refractivity contribution is -0.135. The van der Waals surface area contributed by atoms with Crippen LogP contribution in [0.5, 0.6) is 5.75 Å². The maximum atomic E-state index is 13.3. The van der Waals surface area contributed by atoms with Crippen molar-refractivity contribution in [3.63, 3.8) is 0 Å². The number of carbonyl (C=O) groups is 2. The number of phenolic OH excluding ortho intramolecular Hbond substituents is 1. The molecule has 1 spiro atoms. The zero-order valence-corrected chi connectivity index (χ0v) is 33.9. The zero-order valence-electron chi connectivity index (χ0n) is 33.9. The lowest BCUT2D eigenvalue weighted by atomic mass is 9.48. The summed E-state index contributed by atoms with van der Waals surface area (Å²) in [4.78, 5) is 55.0. The number of amides is 2. The van der Waals surface area contributed by atoms with Crippen LogP contribution in [-0.2, 0) is 16.6 Å². The van der Waals surface area contributed by atoms with E-state index in [2.05, 4.69) is 54.7 Å². The number of nitrogens with one attached hydrogen (secondary N) is 1. The van der Waals surface area contributed by atoms with E-state index >= 15 is 0 Å². The Morgan fingerprint density at radius 3 is 2.25 bits per heavy atom. The first-order valence-electron chi connectivity index (χ1n) is 21.7. The lowest BCUT2D eigenvalue weighted by Crippen LogP contribution is -2.57. The number of piperazine rings is 1. The van der Waals surface area contributed by atoms with Crippen molar-refractivity contribution in [3.05, 3.63) is 82.5 Å². The van der Waals surface area contributed by atoms with E-state index in [0.717, 1.165) is 74.5 Å². The van der Waals surface area contributed by atoms with Crippen LogP contribution in [0, 0.1) is 5.41 Å². The van der Waals surface area contributed by atoms with Gasteiger partial charge in [-0.3, -0.25) is 24.0 Å². The van der Waals surface area contributed by atoms with E-state index in [0.29, 0.717) is 46.8 Å². The highest BCUT2D eigenvalue weighted by molar-refractivity contribution is 6.00. The van der Waals surface area contributed by atoms with E-state index in [4.69, 9.17) is 15.7 Å². The first kappa shape index (κ1) is 37.2. The number of nitrogen functional groups attached to an aromatic ring is 1. The number of piperidine rings is 2. The van der Waals surface area contributed by atoms with Crippen LogP contribution in [0.4, 0.5) is 17.5 Å². The minimum absolute atomic E-state index is 0.168. The smallest absolute Gasteiger partial charge is 0.329 e. The number of nitrogens with two attached hydrogens (primary N) is 1. The summed E-state index contributed by atoms with van der Waals surface area (Å²) in [5.74, 6) is 1.65. The van der Waals surface area contributed by atoms with Gasteiger partial charge >= 0.3 is 5.69 Å². The number of anilines is 3. The molecule has 6 fully saturated rings. The third kappa shape index (κ3) is 6.14. The second kappa shape index (κ2) is 14.1. The number of hydrogen-bond donors (Lipinski definition) is 3. The summed E-state index contributed by atoms with van der Waals surface area (Å²) in [6, 6.07) is 15.9. The second-order valence-electron chi connectivity index (χ2n) is 18.4. The first-order valence-corrected chi connectivity index (χ1v) is 21.7. The maximum absolute atomic E-state index is 13.3. The number of fused-ring (bicyclic) bond motifs is 3. The van der Waals surface area contributed by atoms with Crippen molar-refractivity contribution in [1.82, 2.24) is 39.5 Å². The van der Waals surface area contributed by atoms with Crippen molar-refractivity contribution in [2.45, 2.75) is 100 Å². The standard InChI is InChI=1S/C45H51N11O4/c1-52-37-16-27(6-9-35(37)56(44(52)60)36-10-11-40(58)49-42(36)59)28-18-45(19-28)20-32(21-45)53-14-12-26(13-15-53)29-22-47-43(48-23-29)55-30-7-8-31(55)25-54(24-30)38-17-34(50-51-41(38)46)33-4-2-3-5-39(33)57/h2-6,9,16-17,22-23,26,28,30-32,36,57H,7-8,10-15,18-21,24-25H2,1H3,(H2,46,51)(H,49,58,59). The molecule has 60 heavy (non-hydrogen) atoms. The number of phenols is 1. The summed E-state index contributed by atoms with van der Waals surface area (Å²) in [6.07, 6.45) is 14.0. The number of nitrogens with zero attached hydrogens (tertiary/aromatic N) is 9. The normalized spacial score (nSPS) is 28.2. The highest BCUT2D eigenvalue weighted by Crippen LogP contribution is 2.63. The molecule has 4 saturated heterocycles. The van der Waals surface area contributed by atoms with Gasteiger partial charge in [0.2, 0.25) is 17.8 Å². The number of hydrogen-bond acceptors (Lipinski definition) is 12. The van der Waals surface area contributed by atoms with Gasteiger partial charge in [0.05, 0.1) is 22.4 Å². The average molecular weight is 810 g/mol. The predicted molar refractivity (Wildman–Crippen MR) is 227 cm³/mol. The van der Waals surface area contributed by atoms with Gasteiger partial charge in [-0.15, -0.1) is 10.2 Å². The van der Waals surface area contributed by atoms with E-state index < -0.39 is 11.9 Å². The highest BCUT2D eigenvalue weighted by atomic mass is 16.3.